The van der Waals surface area contributed by atoms with Crippen LogP contribution < -0.4 is 0 Å². The smallest absolute Gasteiger partial charge is 0.306 e. The largest absolute Gasteiger partial charge is 0.462 e. The zero-order valence-electron chi connectivity index (χ0n) is 40.9. The fourth-order valence-corrected chi connectivity index (χ4v) is 7.89. The first-order valence-corrected chi connectivity index (χ1v) is 26.8. The van der Waals surface area contributed by atoms with E-state index in [0.29, 0.717) is 19.3 Å². The maximum Gasteiger partial charge on any atom is 0.306 e. The monoisotopic (exact) mass is 859 g/mol. The molecule has 61 heavy (non-hydrogen) atoms. The summed E-state index contributed by atoms with van der Waals surface area (Å²) >= 11 is 0. The van der Waals surface area contributed by atoms with Crippen molar-refractivity contribution in [2.75, 3.05) is 13.2 Å². The molecule has 0 spiro atoms. The Balaban J connectivity index is 4.15. The molecule has 0 aromatic rings. The van der Waals surface area contributed by atoms with Gasteiger partial charge in [0.2, 0.25) is 0 Å². The van der Waals surface area contributed by atoms with Crippen molar-refractivity contribution < 1.29 is 28.6 Å². The lowest BCUT2D eigenvalue weighted by molar-refractivity contribution is -0.167. The van der Waals surface area contributed by atoms with Gasteiger partial charge in [-0.2, -0.15) is 0 Å². The van der Waals surface area contributed by atoms with Crippen LogP contribution in [0.4, 0.5) is 0 Å². The van der Waals surface area contributed by atoms with Gasteiger partial charge in [-0.3, -0.25) is 14.4 Å². The van der Waals surface area contributed by atoms with E-state index in [4.69, 9.17) is 14.2 Å². The van der Waals surface area contributed by atoms with Crippen LogP contribution in [0.5, 0.6) is 0 Å². The minimum Gasteiger partial charge on any atom is -0.462 e. The SMILES string of the molecule is CCCCCCC/C=C\C/C=C\CCCCCCCCCCCC(=O)OCC(COC(=O)CCCCCCCC)OC(=O)CCCCCCCCCCCCCCCCCC. The van der Waals surface area contributed by atoms with Gasteiger partial charge in [0.15, 0.2) is 6.10 Å². The zero-order chi connectivity index (χ0) is 44.4. The van der Waals surface area contributed by atoms with Crippen LogP contribution in [0, 0.1) is 0 Å². The molecule has 1 unspecified atom stereocenters. The predicted octanol–water partition coefficient (Wildman–Crippen LogP) is 17.5. The van der Waals surface area contributed by atoms with Crippen molar-refractivity contribution in [3.63, 3.8) is 0 Å². The summed E-state index contributed by atoms with van der Waals surface area (Å²) in [6.45, 7) is 6.60. The topological polar surface area (TPSA) is 78.9 Å². The molecule has 6 nitrogen and oxygen atoms in total. The lowest BCUT2D eigenvalue weighted by Crippen LogP contribution is -2.30. The van der Waals surface area contributed by atoms with Crippen molar-refractivity contribution in [1.29, 1.82) is 0 Å². The summed E-state index contributed by atoms with van der Waals surface area (Å²) in [5, 5.41) is 0. The van der Waals surface area contributed by atoms with Crippen LogP contribution >= 0.6 is 0 Å². The molecule has 358 valence electrons. The number of ether oxygens (including phenoxy) is 3. The molecule has 0 saturated heterocycles. The van der Waals surface area contributed by atoms with Gasteiger partial charge in [0, 0.05) is 19.3 Å². The standard InChI is InChI=1S/C55H102O6/c1-4-7-10-13-16-18-20-22-24-26-27-28-29-30-32-33-35-37-39-42-45-48-54(57)60-51-52(50-59-53(56)47-44-41-15-12-9-6-3)61-55(58)49-46-43-40-38-36-34-31-25-23-21-19-17-14-11-8-5-2/h20,22,26-27,52H,4-19,21,23-25,28-51H2,1-3H3/b22-20-,27-26-. The van der Waals surface area contributed by atoms with Crippen LogP contribution in [0.15, 0.2) is 24.3 Å². The summed E-state index contributed by atoms with van der Waals surface area (Å²) in [6, 6.07) is 0. The highest BCUT2D eigenvalue weighted by Gasteiger charge is 2.19. The van der Waals surface area contributed by atoms with Gasteiger partial charge in [-0.15, -0.1) is 0 Å². The van der Waals surface area contributed by atoms with Gasteiger partial charge in [0.1, 0.15) is 13.2 Å². The summed E-state index contributed by atoms with van der Waals surface area (Å²) in [5.74, 6) is -0.868. The molecule has 0 aromatic heterocycles. The van der Waals surface area contributed by atoms with Crippen LogP contribution in [-0.2, 0) is 28.6 Å². The van der Waals surface area contributed by atoms with Gasteiger partial charge < -0.3 is 14.2 Å². The van der Waals surface area contributed by atoms with E-state index >= 15 is 0 Å². The minimum absolute atomic E-state index is 0.0691. The van der Waals surface area contributed by atoms with Gasteiger partial charge in [0.05, 0.1) is 0 Å². The van der Waals surface area contributed by atoms with Crippen molar-refractivity contribution in [2.24, 2.45) is 0 Å². The Kier molecular flexibility index (Phi) is 48.8. The lowest BCUT2D eigenvalue weighted by atomic mass is 10.0. The van der Waals surface area contributed by atoms with Crippen LogP contribution in [0.3, 0.4) is 0 Å². The molecule has 1 atom stereocenters. The fourth-order valence-electron chi connectivity index (χ4n) is 7.89. The molecule has 0 saturated carbocycles. The van der Waals surface area contributed by atoms with E-state index in [0.717, 1.165) is 64.2 Å². The average molecular weight is 859 g/mol. The number of carbonyl (C=O) groups excluding carboxylic acids is 3. The fraction of sp³-hybridized carbons (Fsp3) is 0.873. The van der Waals surface area contributed by atoms with E-state index in [9.17, 15) is 14.4 Å². The Morgan fingerprint density at radius 1 is 0.328 bits per heavy atom. The highest BCUT2D eigenvalue weighted by Crippen LogP contribution is 2.16. The second-order valence-electron chi connectivity index (χ2n) is 18.2. The Morgan fingerprint density at radius 3 is 0.902 bits per heavy atom. The van der Waals surface area contributed by atoms with Gasteiger partial charge in [0.25, 0.3) is 0 Å². The Labute approximate surface area is 379 Å². The van der Waals surface area contributed by atoms with E-state index in [1.165, 1.54) is 186 Å². The van der Waals surface area contributed by atoms with Gasteiger partial charge in [-0.05, 0) is 51.4 Å². The van der Waals surface area contributed by atoms with E-state index in [1.54, 1.807) is 0 Å². The third-order valence-corrected chi connectivity index (χ3v) is 12.0. The summed E-state index contributed by atoms with van der Waals surface area (Å²) < 4.78 is 16.7. The Bertz CT molecular complexity index is 989. The third kappa shape index (κ3) is 48.8. The van der Waals surface area contributed by atoms with Crippen LogP contribution in [0.1, 0.15) is 290 Å². The maximum absolute atomic E-state index is 12.8. The molecule has 0 aliphatic heterocycles. The van der Waals surface area contributed by atoms with Gasteiger partial charge in [-0.1, -0.05) is 244 Å². The number of hydrogen-bond donors (Lipinski definition) is 0. The number of rotatable bonds is 49. The first kappa shape index (κ1) is 58.9. The molecule has 0 aliphatic rings. The molecule has 6 heteroatoms. The minimum atomic E-state index is -0.765. The van der Waals surface area contributed by atoms with E-state index in [2.05, 4.69) is 45.1 Å². The zero-order valence-corrected chi connectivity index (χ0v) is 40.9. The van der Waals surface area contributed by atoms with Crippen LogP contribution in [0.2, 0.25) is 0 Å². The first-order chi connectivity index (χ1) is 30.0. The van der Waals surface area contributed by atoms with Gasteiger partial charge >= 0.3 is 17.9 Å². The van der Waals surface area contributed by atoms with Crippen molar-refractivity contribution in [3.05, 3.63) is 24.3 Å². The summed E-state index contributed by atoms with van der Waals surface area (Å²) in [7, 11) is 0. The molecule has 0 bridgehead atoms. The first-order valence-electron chi connectivity index (χ1n) is 26.8. The molecule has 0 amide bonds. The third-order valence-electron chi connectivity index (χ3n) is 12.0. The number of unbranched alkanes of at least 4 members (excludes halogenated alkanes) is 34. The Hall–Kier alpha value is -2.11. The summed E-state index contributed by atoms with van der Waals surface area (Å²) in [6.07, 6.45) is 57.6. The van der Waals surface area contributed by atoms with E-state index in [-0.39, 0.29) is 31.1 Å². The maximum atomic E-state index is 12.8. The molecular weight excluding hydrogens is 757 g/mol. The predicted molar refractivity (Wildman–Crippen MR) is 261 cm³/mol. The van der Waals surface area contributed by atoms with Crippen LogP contribution in [-0.4, -0.2) is 37.2 Å². The lowest BCUT2D eigenvalue weighted by Gasteiger charge is -2.18. The molecule has 0 radical (unpaired) electrons. The molecule has 0 N–H and O–H groups in total. The molecule has 0 heterocycles. The molecular formula is C55H102O6. The van der Waals surface area contributed by atoms with Crippen molar-refractivity contribution in [3.8, 4) is 0 Å². The average Bonchev–Trinajstić information content (AvgIpc) is 3.26. The normalized spacial score (nSPS) is 12.1. The second kappa shape index (κ2) is 50.5. The van der Waals surface area contributed by atoms with Crippen molar-refractivity contribution in [2.45, 2.75) is 297 Å². The highest BCUT2D eigenvalue weighted by atomic mass is 16.6. The summed E-state index contributed by atoms with van der Waals surface area (Å²) in [5.41, 5.74) is 0. The number of allylic oxidation sites excluding steroid dienone is 4. The number of carbonyl (C=O) groups is 3. The molecule has 0 aliphatic carbocycles. The number of esters is 3. The molecule has 0 rings (SSSR count). The van der Waals surface area contributed by atoms with Crippen molar-refractivity contribution in [1.82, 2.24) is 0 Å². The molecule has 0 fully saturated rings. The quantitative estimate of drug-likeness (QED) is 0.0262. The Morgan fingerprint density at radius 2 is 0.590 bits per heavy atom. The van der Waals surface area contributed by atoms with Gasteiger partial charge in [-0.25, -0.2) is 0 Å². The van der Waals surface area contributed by atoms with E-state index in [1.807, 2.05) is 0 Å². The van der Waals surface area contributed by atoms with Crippen LogP contribution in [0.25, 0.3) is 0 Å². The number of hydrogen-bond acceptors (Lipinski definition) is 6. The summed E-state index contributed by atoms with van der Waals surface area (Å²) in [4.78, 5) is 37.8. The second-order valence-corrected chi connectivity index (χ2v) is 18.2. The molecule has 0 aromatic carbocycles. The van der Waals surface area contributed by atoms with Crippen molar-refractivity contribution >= 4 is 17.9 Å². The highest BCUT2D eigenvalue weighted by molar-refractivity contribution is 5.71. The van der Waals surface area contributed by atoms with E-state index < -0.39 is 6.10 Å².